The van der Waals surface area contributed by atoms with Crippen molar-refractivity contribution in [1.82, 2.24) is 0 Å². The Labute approximate surface area is 236 Å². The van der Waals surface area contributed by atoms with E-state index in [9.17, 15) is 14.7 Å². The molecule has 0 bridgehead atoms. The van der Waals surface area contributed by atoms with Gasteiger partial charge in [0.05, 0.1) is 0 Å². The zero-order valence-electron chi connectivity index (χ0n) is 25.3. The maximum atomic E-state index is 11.6. The van der Waals surface area contributed by atoms with Crippen LogP contribution < -0.4 is 0 Å². The lowest BCUT2D eigenvalue weighted by molar-refractivity contribution is -0.137. The lowest BCUT2D eigenvalue weighted by atomic mass is 10.0. The number of carboxylic acid groups (broad SMARTS) is 2. The second kappa shape index (κ2) is 30.2. The second-order valence-corrected chi connectivity index (χ2v) is 11.6. The first kappa shape index (κ1) is 36.7. The SMILES string of the molecule is CCCCCCCCCCCCCCC=C(CCCCCCCCCCCCCCCCC(=O)O)C(=O)O. The van der Waals surface area contributed by atoms with E-state index in [1.54, 1.807) is 0 Å². The molecule has 0 unspecified atom stereocenters. The number of aliphatic carboxylic acids is 2. The smallest absolute Gasteiger partial charge is 0.331 e. The maximum Gasteiger partial charge on any atom is 0.331 e. The van der Waals surface area contributed by atoms with Crippen LogP contribution in [0.2, 0.25) is 0 Å². The third-order valence-electron chi connectivity index (χ3n) is 7.81. The number of carboxylic acids is 2. The molecule has 0 aromatic carbocycles. The summed E-state index contributed by atoms with van der Waals surface area (Å²) in [6.07, 6.45) is 36.8. The first-order valence-electron chi connectivity index (χ1n) is 16.7. The highest BCUT2D eigenvalue weighted by atomic mass is 16.4. The van der Waals surface area contributed by atoms with Crippen molar-refractivity contribution >= 4 is 11.9 Å². The van der Waals surface area contributed by atoms with Gasteiger partial charge in [-0.05, 0) is 32.1 Å². The van der Waals surface area contributed by atoms with Crippen LogP contribution in [0.1, 0.15) is 193 Å². The average Bonchev–Trinajstić information content (AvgIpc) is 2.89. The number of hydrogen-bond donors (Lipinski definition) is 2. The minimum atomic E-state index is -0.718. The van der Waals surface area contributed by atoms with Crippen LogP contribution in [0.25, 0.3) is 0 Å². The molecule has 0 saturated carbocycles. The molecule has 0 atom stereocenters. The second-order valence-electron chi connectivity index (χ2n) is 11.6. The van der Waals surface area contributed by atoms with Crippen molar-refractivity contribution < 1.29 is 19.8 Å². The van der Waals surface area contributed by atoms with Crippen LogP contribution >= 0.6 is 0 Å². The van der Waals surface area contributed by atoms with Gasteiger partial charge in [-0.15, -0.1) is 0 Å². The molecule has 0 aromatic heterocycles. The maximum absolute atomic E-state index is 11.6. The summed E-state index contributed by atoms with van der Waals surface area (Å²) in [7, 11) is 0. The van der Waals surface area contributed by atoms with Crippen molar-refractivity contribution in [3.05, 3.63) is 11.6 Å². The molecule has 0 fully saturated rings. The first-order valence-corrected chi connectivity index (χ1v) is 16.7. The van der Waals surface area contributed by atoms with Crippen LogP contribution in [-0.4, -0.2) is 22.2 Å². The van der Waals surface area contributed by atoms with Crippen LogP contribution in [-0.2, 0) is 9.59 Å². The van der Waals surface area contributed by atoms with Gasteiger partial charge in [-0.25, -0.2) is 4.79 Å². The third-order valence-corrected chi connectivity index (χ3v) is 7.81. The molecule has 0 radical (unpaired) electrons. The summed E-state index contributed by atoms with van der Waals surface area (Å²) in [4.78, 5) is 22.0. The molecule has 0 spiro atoms. The Balaban J connectivity index is 3.47. The lowest BCUT2D eigenvalue weighted by Crippen LogP contribution is -2.00. The van der Waals surface area contributed by atoms with Gasteiger partial charge < -0.3 is 10.2 Å². The number of rotatable bonds is 31. The van der Waals surface area contributed by atoms with Gasteiger partial charge in [0.25, 0.3) is 0 Å². The molecule has 4 nitrogen and oxygen atoms in total. The largest absolute Gasteiger partial charge is 0.481 e. The Bertz CT molecular complexity index is 555. The number of carbonyl (C=O) groups is 2. The average molecular weight is 537 g/mol. The van der Waals surface area contributed by atoms with Crippen molar-refractivity contribution in [3.63, 3.8) is 0 Å². The van der Waals surface area contributed by atoms with E-state index in [2.05, 4.69) is 6.92 Å². The van der Waals surface area contributed by atoms with Gasteiger partial charge in [0.1, 0.15) is 0 Å². The summed E-state index contributed by atoms with van der Waals surface area (Å²) in [6.45, 7) is 2.27. The molecule has 0 aliphatic heterocycles. The summed E-state index contributed by atoms with van der Waals surface area (Å²) in [5.41, 5.74) is 0.634. The number of allylic oxidation sites excluding steroid dienone is 1. The lowest BCUT2D eigenvalue weighted by Gasteiger charge is -2.05. The van der Waals surface area contributed by atoms with Crippen molar-refractivity contribution in [2.75, 3.05) is 0 Å². The Morgan fingerprint density at radius 3 is 1.11 bits per heavy atom. The Morgan fingerprint density at radius 1 is 0.447 bits per heavy atom. The third kappa shape index (κ3) is 29.2. The van der Waals surface area contributed by atoms with Gasteiger partial charge >= 0.3 is 11.9 Å². The topological polar surface area (TPSA) is 74.6 Å². The van der Waals surface area contributed by atoms with E-state index in [4.69, 9.17) is 5.11 Å². The highest BCUT2D eigenvalue weighted by molar-refractivity contribution is 5.86. The monoisotopic (exact) mass is 536 g/mol. The van der Waals surface area contributed by atoms with Gasteiger partial charge in [-0.2, -0.15) is 0 Å². The van der Waals surface area contributed by atoms with E-state index in [0.717, 1.165) is 44.9 Å². The van der Waals surface area contributed by atoms with Crippen LogP contribution in [0.5, 0.6) is 0 Å². The first-order chi connectivity index (χ1) is 18.6. The highest BCUT2D eigenvalue weighted by Gasteiger charge is 2.06. The number of unbranched alkanes of at least 4 members (excludes halogenated alkanes) is 25. The molecule has 4 heteroatoms. The Hall–Kier alpha value is -1.32. The van der Waals surface area contributed by atoms with Gasteiger partial charge in [0, 0.05) is 12.0 Å². The van der Waals surface area contributed by atoms with Crippen molar-refractivity contribution in [2.24, 2.45) is 0 Å². The molecular weight excluding hydrogens is 472 g/mol. The van der Waals surface area contributed by atoms with Gasteiger partial charge in [0.2, 0.25) is 0 Å². The molecule has 0 saturated heterocycles. The molecule has 0 amide bonds. The molecule has 0 rings (SSSR count). The molecule has 38 heavy (non-hydrogen) atoms. The van der Waals surface area contributed by atoms with Crippen molar-refractivity contribution in [1.29, 1.82) is 0 Å². The normalized spacial score (nSPS) is 11.8. The van der Waals surface area contributed by atoms with Crippen LogP contribution in [0.3, 0.4) is 0 Å². The van der Waals surface area contributed by atoms with Crippen LogP contribution in [0, 0.1) is 0 Å². The summed E-state index contributed by atoms with van der Waals surface area (Å²) in [5.74, 6) is -1.39. The fourth-order valence-corrected chi connectivity index (χ4v) is 5.27. The molecule has 0 heterocycles. The highest BCUT2D eigenvalue weighted by Crippen LogP contribution is 2.17. The summed E-state index contributed by atoms with van der Waals surface area (Å²) >= 11 is 0. The zero-order chi connectivity index (χ0) is 27.9. The molecule has 0 aliphatic carbocycles. The van der Waals surface area contributed by atoms with Crippen LogP contribution in [0.4, 0.5) is 0 Å². The fraction of sp³-hybridized carbons (Fsp3) is 0.882. The van der Waals surface area contributed by atoms with Crippen LogP contribution in [0.15, 0.2) is 11.6 Å². The van der Waals surface area contributed by atoms with Gasteiger partial charge in [-0.1, -0.05) is 161 Å². The summed E-state index contributed by atoms with van der Waals surface area (Å²) in [6, 6.07) is 0. The fourth-order valence-electron chi connectivity index (χ4n) is 5.27. The van der Waals surface area contributed by atoms with E-state index in [0.29, 0.717) is 12.0 Å². The van der Waals surface area contributed by atoms with E-state index in [-0.39, 0.29) is 0 Å². The molecule has 2 N–H and O–H groups in total. The van der Waals surface area contributed by atoms with E-state index >= 15 is 0 Å². The standard InChI is InChI=1S/C34H64O4/c1-2-3-4-5-6-7-8-11-14-17-20-23-26-29-32(34(37)38)30-27-24-21-18-15-12-9-10-13-16-19-22-25-28-31-33(35)36/h29H,2-28,30-31H2,1H3,(H,35,36)(H,37,38). The van der Waals surface area contributed by atoms with E-state index < -0.39 is 11.9 Å². The summed E-state index contributed by atoms with van der Waals surface area (Å²) < 4.78 is 0. The van der Waals surface area contributed by atoms with E-state index in [1.807, 2.05) is 6.08 Å². The molecule has 0 aromatic rings. The van der Waals surface area contributed by atoms with Gasteiger partial charge in [-0.3, -0.25) is 4.79 Å². The minimum Gasteiger partial charge on any atom is -0.481 e. The van der Waals surface area contributed by atoms with Crippen molar-refractivity contribution in [3.8, 4) is 0 Å². The summed E-state index contributed by atoms with van der Waals surface area (Å²) in [5, 5.41) is 18.1. The molecular formula is C34H64O4. The Kier molecular flexibility index (Phi) is 29.2. The predicted octanol–water partition coefficient (Wildman–Crippen LogP) is 11.4. The number of hydrogen-bond acceptors (Lipinski definition) is 2. The van der Waals surface area contributed by atoms with Gasteiger partial charge in [0.15, 0.2) is 0 Å². The van der Waals surface area contributed by atoms with E-state index in [1.165, 1.54) is 135 Å². The zero-order valence-corrected chi connectivity index (χ0v) is 25.3. The van der Waals surface area contributed by atoms with Crippen molar-refractivity contribution in [2.45, 2.75) is 193 Å². The quantitative estimate of drug-likeness (QED) is 0.0682. The minimum absolute atomic E-state index is 0.316. The predicted molar refractivity (Wildman–Crippen MR) is 163 cm³/mol. The molecule has 224 valence electrons. The molecule has 0 aliphatic rings. The Morgan fingerprint density at radius 2 is 0.763 bits per heavy atom.